The standard InChI is InChI=1S/C14H21BNO2/c1-9-3-11-4-10(2)6-14(5-9,7-11)12(13(17)18)15-8-16/h9-12H,3-7H2,1-2H3,(H,17,18). The van der Waals surface area contributed by atoms with Crippen LogP contribution in [0.15, 0.2) is 0 Å². The Morgan fingerprint density at radius 2 is 1.89 bits per heavy atom. The Bertz CT molecular complexity index is 357. The summed E-state index contributed by atoms with van der Waals surface area (Å²) < 4.78 is 0. The average Bonchev–Trinajstić information content (AvgIpc) is 2.22. The van der Waals surface area contributed by atoms with Gasteiger partial charge in [0, 0.05) is 0 Å². The number of hydrogen-bond acceptors (Lipinski definition) is 2. The molecule has 3 unspecified atom stereocenters. The van der Waals surface area contributed by atoms with E-state index in [0.717, 1.165) is 19.3 Å². The summed E-state index contributed by atoms with van der Waals surface area (Å²) in [6.07, 6.45) is 5.37. The molecule has 2 saturated carbocycles. The Kier molecular flexibility index (Phi) is 3.70. The van der Waals surface area contributed by atoms with Gasteiger partial charge in [0.25, 0.3) is 13.2 Å². The zero-order valence-electron chi connectivity index (χ0n) is 11.2. The number of rotatable bonds is 3. The van der Waals surface area contributed by atoms with Gasteiger partial charge in [-0.15, -0.1) is 0 Å². The maximum Gasteiger partial charge on any atom is 0.300 e. The number of nitrogens with zero attached hydrogens (tertiary/aromatic N) is 1. The molecule has 0 aromatic heterocycles. The number of carbonyl (C=O) groups is 1. The number of carboxylic acids is 1. The van der Waals surface area contributed by atoms with Crippen molar-refractivity contribution in [3.8, 4) is 5.97 Å². The number of fused-ring (bicyclic) bond motifs is 2. The highest BCUT2D eigenvalue weighted by Gasteiger charge is 2.51. The van der Waals surface area contributed by atoms with E-state index in [0.29, 0.717) is 17.8 Å². The zero-order valence-corrected chi connectivity index (χ0v) is 11.2. The maximum absolute atomic E-state index is 11.5. The van der Waals surface area contributed by atoms with Crippen LogP contribution < -0.4 is 0 Å². The minimum atomic E-state index is -0.821. The summed E-state index contributed by atoms with van der Waals surface area (Å²) in [6.45, 7) is 4.45. The van der Waals surface area contributed by atoms with Crippen molar-refractivity contribution in [2.24, 2.45) is 23.2 Å². The van der Waals surface area contributed by atoms with Crippen LogP contribution in [0.5, 0.6) is 0 Å². The van der Waals surface area contributed by atoms with Gasteiger partial charge in [0.05, 0.1) is 5.82 Å². The molecule has 3 nitrogen and oxygen atoms in total. The Morgan fingerprint density at radius 1 is 1.33 bits per heavy atom. The molecule has 0 saturated heterocycles. The number of aliphatic carboxylic acids is 1. The molecule has 0 aliphatic heterocycles. The molecule has 1 N–H and O–H groups in total. The predicted molar refractivity (Wildman–Crippen MR) is 70.1 cm³/mol. The molecule has 0 aromatic rings. The van der Waals surface area contributed by atoms with Gasteiger partial charge in [-0.05, 0) is 61.2 Å². The van der Waals surface area contributed by atoms with E-state index in [2.05, 4.69) is 13.8 Å². The second-order valence-corrected chi connectivity index (χ2v) is 6.63. The van der Waals surface area contributed by atoms with E-state index in [-0.39, 0.29) is 5.41 Å². The molecule has 18 heavy (non-hydrogen) atoms. The molecule has 1 radical (unpaired) electrons. The van der Waals surface area contributed by atoms with Crippen molar-refractivity contribution in [2.75, 3.05) is 0 Å². The molecular formula is C14H21BNO2. The highest BCUT2D eigenvalue weighted by atomic mass is 16.4. The molecule has 0 heterocycles. The topological polar surface area (TPSA) is 61.1 Å². The molecule has 2 rings (SSSR count). The molecule has 3 atom stereocenters. The van der Waals surface area contributed by atoms with Gasteiger partial charge < -0.3 is 5.11 Å². The quantitative estimate of drug-likeness (QED) is 0.779. The van der Waals surface area contributed by atoms with Crippen LogP contribution in [0.2, 0.25) is 5.82 Å². The normalized spacial score (nSPS) is 40.6. The minimum absolute atomic E-state index is 0.165. The first-order chi connectivity index (χ1) is 8.47. The Labute approximate surface area is 110 Å². The van der Waals surface area contributed by atoms with Gasteiger partial charge in [0.1, 0.15) is 0 Å². The summed E-state index contributed by atoms with van der Waals surface area (Å²) >= 11 is 0. The smallest absolute Gasteiger partial charge is 0.300 e. The molecule has 2 aliphatic rings. The fourth-order valence-corrected chi connectivity index (χ4v) is 4.75. The minimum Gasteiger partial charge on any atom is -0.482 e. The van der Waals surface area contributed by atoms with E-state index < -0.39 is 11.8 Å². The predicted octanol–water partition coefficient (Wildman–Crippen LogP) is 2.90. The van der Waals surface area contributed by atoms with Crippen LogP contribution in [0.1, 0.15) is 46.0 Å². The van der Waals surface area contributed by atoms with Crippen molar-refractivity contribution in [2.45, 2.75) is 51.8 Å². The molecule has 2 bridgehead atoms. The van der Waals surface area contributed by atoms with E-state index >= 15 is 0 Å². The van der Waals surface area contributed by atoms with Gasteiger partial charge in [-0.2, -0.15) is 0 Å². The highest BCUT2D eigenvalue weighted by molar-refractivity contribution is 6.52. The first-order valence-corrected chi connectivity index (χ1v) is 6.92. The van der Waals surface area contributed by atoms with E-state index in [9.17, 15) is 9.90 Å². The van der Waals surface area contributed by atoms with Crippen molar-refractivity contribution < 1.29 is 9.90 Å². The van der Waals surface area contributed by atoms with Gasteiger partial charge in [0.2, 0.25) is 0 Å². The maximum atomic E-state index is 11.5. The third kappa shape index (κ3) is 2.41. The Hall–Kier alpha value is -0.975. The second-order valence-electron chi connectivity index (χ2n) is 6.63. The Morgan fingerprint density at radius 3 is 2.33 bits per heavy atom. The third-order valence-corrected chi connectivity index (χ3v) is 4.84. The lowest BCUT2D eigenvalue weighted by Crippen LogP contribution is -2.45. The third-order valence-electron chi connectivity index (χ3n) is 4.84. The van der Waals surface area contributed by atoms with E-state index in [1.165, 1.54) is 20.1 Å². The molecule has 0 spiro atoms. The number of hydrogen-bond donors (Lipinski definition) is 1. The Balaban J connectivity index is 2.29. The lowest BCUT2D eigenvalue weighted by molar-refractivity contribution is -0.142. The number of carboxylic acid groups (broad SMARTS) is 1. The highest BCUT2D eigenvalue weighted by Crippen LogP contribution is 2.58. The lowest BCUT2D eigenvalue weighted by Gasteiger charge is -2.52. The summed E-state index contributed by atoms with van der Waals surface area (Å²) in [4.78, 5) is 11.5. The average molecular weight is 246 g/mol. The van der Waals surface area contributed by atoms with Crippen LogP contribution in [0, 0.1) is 34.4 Å². The lowest BCUT2D eigenvalue weighted by atomic mass is 9.44. The van der Waals surface area contributed by atoms with Crippen LogP contribution in [-0.4, -0.2) is 18.4 Å². The first kappa shape index (κ1) is 13.5. The zero-order chi connectivity index (χ0) is 13.3. The first-order valence-electron chi connectivity index (χ1n) is 6.92. The number of nitriles is 1. The summed E-state index contributed by atoms with van der Waals surface area (Å²) in [6, 6.07) is 0. The van der Waals surface area contributed by atoms with Crippen LogP contribution in [-0.2, 0) is 4.79 Å². The molecular weight excluding hydrogens is 225 g/mol. The van der Waals surface area contributed by atoms with Gasteiger partial charge >= 0.3 is 0 Å². The van der Waals surface area contributed by atoms with E-state index in [1.54, 1.807) is 0 Å². The van der Waals surface area contributed by atoms with Gasteiger partial charge in [0.15, 0.2) is 0 Å². The van der Waals surface area contributed by atoms with Crippen LogP contribution in [0.4, 0.5) is 0 Å². The molecule has 0 aromatic carbocycles. The summed E-state index contributed by atoms with van der Waals surface area (Å²) in [5, 5.41) is 18.3. The van der Waals surface area contributed by atoms with Crippen molar-refractivity contribution >= 4 is 13.2 Å². The van der Waals surface area contributed by atoms with Crippen molar-refractivity contribution in [3.63, 3.8) is 0 Å². The molecule has 97 valence electrons. The molecule has 0 amide bonds. The van der Waals surface area contributed by atoms with Gasteiger partial charge in [-0.3, -0.25) is 4.79 Å². The fraction of sp³-hybridized carbons (Fsp3) is 0.857. The largest absolute Gasteiger partial charge is 0.482 e. The monoisotopic (exact) mass is 246 g/mol. The van der Waals surface area contributed by atoms with Gasteiger partial charge in [-0.25, -0.2) is 5.26 Å². The molecule has 4 heteroatoms. The van der Waals surface area contributed by atoms with Crippen LogP contribution in [0.25, 0.3) is 0 Å². The summed E-state index contributed by atoms with van der Waals surface area (Å²) in [7, 11) is 1.36. The second kappa shape index (κ2) is 4.95. The van der Waals surface area contributed by atoms with Crippen molar-refractivity contribution in [1.29, 1.82) is 5.26 Å². The van der Waals surface area contributed by atoms with Crippen LogP contribution >= 0.6 is 0 Å². The van der Waals surface area contributed by atoms with E-state index in [1.807, 2.05) is 5.97 Å². The summed E-state index contributed by atoms with van der Waals surface area (Å²) in [5.41, 5.74) is -0.165. The van der Waals surface area contributed by atoms with Crippen molar-refractivity contribution in [1.82, 2.24) is 0 Å². The summed E-state index contributed by atoms with van der Waals surface area (Å²) in [5.74, 6) is 2.39. The van der Waals surface area contributed by atoms with E-state index in [4.69, 9.17) is 5.26 Å². The van der Waals surface area contributed by atoms with Gasteiger partial charge in [-0.1, -0.05) is 13.8 Å². The van der Waals surface area contributed by atoms with Crippen molar-refractivity contribution in [3.05, 3.63) is 0 Å². The SMILES string of the molecule is CC1CC2CC(C)CC(C([B]C#N)C(=O)O)(C1)C2. The molecule has 2 fully saturated rings. The molecule has 2 aliphatic carbocycles. The van der Waals surface area contributed by atoms with Crippen LogP contribution in [0.3, 0.4) is 0 Å². The fourth-order valence-electron chi connectivity index (χ4n) is 4.75.